The van der Waals surface area contributed by atoms with Crippen LogP contribution < -0.4 is 4.74 Å². The molecule has 146 valence electrons. The number of ketones is 1. The second-order valence-electron chi connectivity index (χ2n) is 6.51. The van der Waals surface area contributed by atoms with Crippen molar-refractivity contribution >= 4 is 17.4 Å². The smallest absolute Gasteiger partial charge is 0.295 e. The number of phenols is 1. The molecule has 7 heteroatoms. The van der Waals surface area contributed by atoms with E-state index in [2.05, 4.69) is 0 Å². The van der Waals surface area contributed by atoms with Gasteiger partial charge in [-0.1, -0.05) is 35.9 Å². The number of amides is 1. The van der Waals surface area contributed by atoms with Gasteiger partial charge in [-0.2, -0.15) is 0 Å². The van der Waals surface area contributed by atoms with Crippen LogP contribution in [0.25, 0.3) is 5.76 Å². The first kappa shape index (κ1) is 19.4. The molecule has 0 bridgehead atoms. The van der Waals surface area contributed by atoms with Crippen LogP contribution in [-0.2, 0) is 9.59 Å². The highest BCUT2D eigenvalue weighted by Crippen LogP contribution is 2.41. The molecular weight excluding hydrogens is 362 g/mol. The van der Waals surface area contributed by atoms with Crippen molar-refractivity contribution in [1.82, 2.24) is 4.90 Å². The Bertz CT molecular complexity index is 948. The van der Waals surface area contributed by atoms with Crippen molar-refractivity contribution < 1.29 is 29.6 Å². The summed E-state index contributed by atoms with van der Waals surface area (Å²) in [4.78, 5) is 26.4. The summed E-state index contributed by atoms with van der Waals surface area (Å²) in [5.41, 5.74) is 1.78. The lowest BCUT2D eigenvalue weighted by molar-refractivity contribution is -0.140. The van der Waals surface area contributed by atoms with Gasteiger partial charge in [-0.25, -0.2) is 0 Å². The largest absolute Gasteiger partial charge is 0.507 e. The number of Topliss-reactive ketones (excluding diaryl/α,β-unsaturated/α-hetero) is 1. The van der Waals surface area contributed by atoms with E-state index in [4.69, 9.17) is 4.74 Å². The predicted octanol–water partition coefficient (Wildman–Crippen LogP) is 2.12. The summed E-state index contributed by atoms with van der Waals surface area (Å²) in [6.07, 6.45) is 0. The standard InChI is InChI=1S/C21H21NO6/c1-12-3-5-13(6-4-12)19(25)17-18(22(9-10-23)21(27)20(17)26)14-7-8-15(24)16(11-14)28-2/h3-8,11,18,23-25H,9-10H2,1-2H3/t18-/m1/s1. The second kappa shape index (κ2) is 7.74. The number of aliphatic hydroxyl groups is 2. The number of rotatable bonds is 5. The molecule has 3 N–H and O–H groups in total. The average molecular weight is 383 g/mol. The highest BCUT2D eigenvalue weighted by Gasteiger charge is 2.46. The minimum Gasteiger partial charge on any atom is -0.507 e. The molecule has 7 nitrogen and oxygen atoms in total. The van der Waals surface area contributed by atoms with Crippen LogP contribution in [0.4, 0.5) is 0 Å². The fourth-order valence-corrected chi connectivity index (χ4v) is 3.30. The zero-order valence-corrected chi connectivity index (χ0v) is 15.5. The first-order valence-corrected chi connectivity index (χ1v) is 8.72. The van der Waals surface area contributed by atoms with Crippen molar-refractivity contribution in [2.75, 3.05) is 20.3 Å². The van der Waals surface area contributed by atoms with Gasteiger partial charge < -0.3 is 25.0 Å². The number of carbonyl (C=O) groups is 2. The monoisotopic (exact) mass is 383 g/mol. The highest BCUT2D eigenvalue weighted by molar-refractivity contribution is 6.46. The summed E-state index contributed by atoms with van der Waals surface area (Å²) in [7, 11) is 1.38. The van der Waals surface area contributed by atoms with Gasteiger partial charge in [0.1, 0.15) is 5.76 Å². The van der Waals surface area contributed by atoms with E-state index in [0.29, 0.717) is 11.1 Å². The normalized spacial score (nSPS) is 18.5. The Balaban J connectivity index is 2.20. The van der Waals surface area contributed by atoms with Crippen LogP contribution in [-0.4, -0.2) is 52.2 Å². The molecule has 1 fully saturated rings. The summed E-state index contributed by atoms with van der Waals surface area (Å²) in [5, 5.41) is 30.1. The molecular formula is C21H21NO6. The first-order chi connectivity index (χ1) is 13.4. The lowest BCUT2D eigenvalue weighted by Gasteiger charge is -2.25. The number of benzene rings is 2. The van der Waals surface area contributed by atoms with Gasteiger partial charge in [-0.15, -0.1) is 0 Å². The van der Waals surface area contributed by atoms with E-state index in [9.17, 15) is 24.9 Å². The van der Waals surface area contributed by atoms with Crippen molar-refractivity contribution in [2.24, 2.45) is 0 Å². The quantitative estimate of drug-likeness (QED) is 0.415. The Labute approximate surface area is 162 Å². The van der Waals surface area contributed by atoms with Crippen LogP contribution in [0.15, 0.2) is 48.0 Å². The van der Waals surface area contributed by atoms with Crippen LogP contribution in [0.5, 0.6) is 11.5 Å². The third-order valence-corrected chi connectivity index (χ3v) is 4.73. The molecule has 28 heavy (non-hydrogen) atoms. The van der Waals surface area contributed by atoms with Crippen molar-refractivity contribution in [3.05, 3.63) is 64.7 Å². The number of ether oxygens (including phenoxy) is 1. The molecule has 1 aliphatic heterocycles. The zero-order chi connectivity index (χ0) is 20.4. The fraction of sp³-hybridized carbons (Fsp3) is 0.238. The van der Waals surface area contributed by atoms with Crippen molar-refractivity contribution in [2.45, 2.75) is 13.0 Å². The number of hydrogen-bond acceptors (Lipinski definition) is 6. The van der Waals surface area contributed by atoms with Crippen LogP contribution in [0.1, 0.15) is 22.7 Å². The Morgan fingerprint density at radius 2 is 1.82 bits per heavy atom. The van der Waals surface area contributed by atoms with Gasteiger partial charge in [-0.3, -0.25) is 9.59 Å². The topological polar surface area (TPSA) is 107 Å². The predicted molar refractivity (Wildman–Crippen MR) is 102 cm³/mol. The molecule has 0 radical (unpaired) electrons. The van der Waals surface area contributed by atoms with Gasteiger partial charge in [0, 0.05) is 12.1 Å². The Kier molecular flexibility index (Phi) is 5.37. The third kappa shape index (κ3) is 3.32. The molecule has 3 rings (SSSR count). The van der Waals surface area contributed by atoms with Crippen molar-refractivity contribution in [1.29, 1.82) is 0 Å². The van der Waals surface area contributed by atoms with Crippen molar-refractivity contribution in [3.63, 3.8) is 0 Å². The zero-order valence-electron chi connectivity index (χ0n) is 15.5. The number of hydrogen-bond donors (Lipinski definition) is 3. The summed E-state index contributed by atoms with van der Waals surface area (Å²) >= 11 is 0. The molecule has 1 aliphatic rings. The third-order valence-electron chi connectivity index (χ3n) is 4.73. The van der Waals surface area contributed by atoms with Gasteiger partial charge >= 0.3 is 0 Å². The molecule has 0 unspecified atom stereocenters. The summed E-state index contributed by atoms with van der Waals surface area (Å²) in [6, 6.07) is 10.4. The minimum absolute atomic E-state index is 0.0740. The maximum atomic E-state index is 12.7. The Morgan fingerprint density at radius 1 is 1.14 bits per heavy atom. The van der Waals surface area contributed by atoms with E-state index in [0.717, 1.165) is 5.56 Å². The SMILES string of the molecule is COc1cc([C@@H]2C(=C(O)c3ccc(C)cc3)C(=O)C(=O)N2CCO)ccc1O. The summed E-state index contributed by atoms with van der Waals surface area (Å²) in [6.45, 7) is 1.47. The van der Waals surface area contributed by atoms with Crippen LogP contribution in [0.2, 0.25) is 0 Å². The van der Waals surface area contributed by atoms with Crippen molar-refractivity contribution in [3.8, 4) is 11.5 Å². The Hall–Kier alpha value is -3.32. The number of phenolic OH excluding ortho intramolecular Hbond substituents is 1. The fourth-order valence-electron chi connectivity index (χ4n) is 3.30. The molecule has 1 atom stereocenters. The lowest BCUT2D eigenvalue weighted by atomic mass is 9.94. The molecule has 1 heterocycles. The van der Waals surface area contributed by atoms with E-state index in [1.165, 1.54) is 24.1 Å². The molecule has 0 saturated carbocycles. The molecule has 2 aromatic carbocycles. The van der Waals surface area contributed by atoms with Crippen LogP contribution >= 0.6 is 0 Å². The van der Waals surface area contributed by atoms with Crippen LogP contribution in [0, 0.1) is 6.92 Å². The second-order valence-corrected chi connectivity index (χ2v) is 6.51. The lowest BCUT2D eigenvalue weighted by Crippen LogP contribution is -2.32. The Morgan fingerprint density at radius 3 is 2.43 bits per heavy atom. The van der Waals surface area contributed by atoms with Gasteiger partial charge in [0.05, 0.1) is 25.3 Å². The molecule has 0 aliphatic carbocycles. The number of aliphatic hydroxyl groups excluding tert-OH is 2. The minimum atomic E-state index is -0.914. The molecule has 0 spiro atoms. The number of methoxy groups -OCH3 is 1. The number of β-amino-alcohol motifs (C(OH)–C–C–N with tert-alkyl or cyclic N) is 1. The molecule has 1 saturated heterocycles. The van der Waals surface area contributed by atoms with E-state index in [1.807, 2.05) is 6.92 Å². The van der Waals surface area contributed by atoms with Crippen LogP contribution in [0.3, 0.4) is 0 Å². The van der Waals surface area contributed by atoms with Gasteiger partial charge in [0.2, 0.25) is 0 Å². The average Bonchev–Trinajstić information content (AvgIpc) is 2.94. The molecule has 0 aromatic heterocycles. The number of aryl methyl sites for hydroxylation is 1. The summed E-state index contributed by atoms with van der Waals surface area (Å²) in [5.74, 6) is -1.86. The highest BCUT2D eigenvalue weighted by atomic mass is 16.5. The summed E-state index contributed by atoms with van der Waals surface area (Å²) < 4.78 is 5.12. The maximum absolute atomic E-state index is 12.7. The number of likely N-dealkylation sites (tertiary alicyclic amines) is 1. The maximum Gasteiger partial charge on any atom is 0.295 e. The first-order valence-electron chi connectivity index (χ1n) is 8.72. The molecule has 2 aromatic rings. The number of nitrogens with zero attached hydrogens (tertiary/aromatic N) is 1. The van der Waals surface area contributed by atoms with E-state index in [1.54, 1.807) is 30.3 Å². The molecule has 1 amide bonds. The van der Waals surface area contributed by atoms with E-state index in [-0.39, 0.29) is 36.0 Å². The number of carbonyl (C=O) groups excluding carboxylic acids is 2. The number of aromatic hydroxyl groups is 1. The van der Waals surface area contributed by atoms with Gasteiger partial charge in [-0.05, 0) is 24.6 Å². The van der Waals surface area contributed by atoms with E-state index >= 15 is 0 Å². The van der Waals surface area contributed by atoms with Gasteiger partial charge in [0.25, 0.3) is 11.7 Å². The van der Waals surface area contributed by atoms with Gasteiger partial charge in [0.15, 0.2) is 11.5 Å². The van der Waals surface area contributed by atoms with E-state index < -0.39 is 17.7 Å².